The summed E-state index contributed by atoms with van der Waals surface area (Å²) in [5.41, 5.74) is 0.252. The van der Waals surface area contributed by atoms with Crippen LogP contribution in [0.25, 0.3) is 0 Å². The number of nitrogens with zero attached hydrogens (tertiary/aromatic N) is 1. The van der Waals surface area contributed by atoms with E-state index in [-0.39, 0.29) is 11.6 Å². The van der Waals surface area contributed by atoms with Crippen LogP contribution in [-0.4, -0.2) is 18.0 Å². The molecule has 118 valence electrons. The third-order valence-corrected chi connectivity index (χ3v) is 4.81. The van der Waals surface area contributed by atoms with Crippen molar-refractivity contribution in [3.63, 3.8) is 0 Å². The lowest BCUT2D eigenvalue weighted by Crippen LogP contribution is -2.38. The summed E-state index contributed by atoms with van der Waals surface area (Å²) in [5.74, 6) is -1.31. The van der Waals surface area contributed by atoms with E-state index >= 15 is 0 Å². The Bertz CT molecular complexity index is 677. The molecule has 1 N–H and O–H groups in total. The van der Waals surface area contributed by atoms with Crippen LogP contribution in [-0.2, 0) is 6.54 Å². The summed E-state index contributed by atoms with van der Waals surface area (Å²) in [6.45, 7) is 2.12. The molecule has 1 aromatic heterocycles. The largest absolute Gasteiger partial charge is 0.331 e. The quantitative estimate of drug-likeness (QED) is 0.809. The molecule has 3 nitrogen and oxygen atoms in total. The second-order valence-corrected chi connectivity index (χ2v) is 6.84. The van der Waals surface area contributed by atoms with E-state index in [0.29, 0.717) is 6.54 Å². The Kier molecular flexibility index (Phi) is 5.52. The monoisotopic (exact) mass is 388 g/mol. The predicted octanol–water partition coefficient (Wildman–Crippen LogP) is 4.69. The zero-order valence-electron chi connectivity index (χ0n) is 12.1. The van der Waals surface area contributed by atoms with Gasteiger partial charge in [0, 0.05) is 33.4 Å². The van der Waals surface area contributed by atoms with Gasteiger partial charge in [-0.2, -0.15) is 0 Å². The van der Waals surface area contributed by atoms with Crippen molar-refractivity contribution in [2.24, 2.45) is 0 Å². The van der Waals surface area contributed by atoms with Gasteiger partial charge in [0.2, 0.25) is 0 Å². The standard InChI is InChI=1S/C15H15BrF2N2OS/c1-9(13-4-3-11(17)6-14(13)18)19-15(21)20(2)7-12-5-10(16)8-22-12/h3-6,8-9H,7H2,1-2H3,(H,19,21). The van der Waals surface area contributed by atoms with Crippen LogP contribution in [0.15, 0.2) is 34.1 Å². The maximum atomic E-state index is 13.7. The Morgan fingerprint density at radius 1 is 1.41 bits per heavy atom. The minimum atomic E-state index is -0.669. The van der Waals surface area contributed by atoms with E-state index < -0.39 is 17.7 Å². The summed E-state index contributed by atoms with van der Waals surface area (Å²) in [4.78, 5) is 14.7. The predicted molar refractivity (Wildman–Crippen MR) is 86.8 cm³/mol. The molecule has 2 aromatic rings. The van der Waals surface area contributed by atoms with E-state index in [9.17, 15) is 13.6 Å². The van der Waals surface area contributed by atoms with Gasteiger partial charge in [-0.05, 0) is 35.0 Å². The average Bonchev–Trinajstić information content (AvgIpc) is 2.83. The lowest BCUT2D eigenvalue weighted by molar-refractivity contribution is 0.203. The topological polar surface area (TPSA) is 32.3 Å². The van der Waals surface area contributed by atoms with Crippen LogP contribution in [0.1, 0.15) is 23.4 Å². The van der Waals surface area contributed by atoms with E-state index in [0.717, 1.165) is 15.4 Å². The Morgan fingerprint density at radius 3 is 2.73 bits per heavy atom. The highest BCUT2D eigenvalue weighted by molar-refractivity contribution is 9.10. The van der Waals surface area contributed by atoms with Crippen molar-refractivity contribution in [3.8, 4) is 0 Å². The molecule has 0 aliphatic carbocycles. The SMILES string of the molecule is CC(NC(=O)N(C)Cc1cc(Br)cs1)c1ccc(F)cc1F. The van der Waals surface area contributed by atoms with Gasteiger partial charge in [0.15, 0.2) is 0 Å². The second kappa shape index (κ2) is 7.19. The number of amides is 2. The summed E-state index contributed by atoms with van der Waals surface area (Å²) in [6.07, 6.45) is 0. The van der Waals surface area contributed by atoms with Crippen molar-refractivity contribution in [3.05, 3.63) is 56.2 Å². The lowest BCUT2D eigenvalue weighted by Gasteiger charge is -2.21. The number of benzene rings is 1. The first-order chi connectivity index (χ1) is 10.4. The van der Waals surface area contributed by atoms with Crippen LogP contribution < -0.4 is 5.32 Å². The van der Waals surface area contributed by atoms with Gasteiger partial charge in [-0.1, -0.05) is 6.07 Å². The van der Waals surface area contributed by atoms with Crippen LogP contribution in [0.4, 0.5) is 13.6 Å². The molecule has 0 fully saturated rings. The first kappa shape index (κ1) is 16.9. The molecule has 0 bridgehead atoms. The molecule has 2 amide bonds. The van der Waals surface area contributed by atoms with Gasteiger partial charge in [0.05, 0.1) is 12.6 Å². The molecule has 0 spiro atoms. The van der Waals surface area contributed by atoms with Gasteiger partial charge >= 0.3 is 6.03 Å². The van der Waals surface area contributed by atoms with Crippen LogP contribution in [0.5, 0.6) is 0 Å². The summed E-state index contributed by atoms with van der Waals surface area (Å²) >= 11 is 4.91. The number of carbonyl (C=O) groups excluding carboxylic acids is 1. The van der Waals surface area contributed by atoms with Gasteiger partial charge < -0.3 is 10.2 Å². The minimum Gasteiger partial charge on any atom is -0.331 e. The number of hydrogen-bond acceptors (Lipinski definition) is 2. The Labute approximate surface area is 140 Å². The highest BCUT2D eigenvalue weighted by Gasteiger charge is 2.17. The molecule has 0 radical (unpaired) electrons. The number of halogens is 3. The van der Waals surface area contributed by atoms with Crippen LogP contribution >= 0.6 is 27.3 Å². The van der Waals surface area contributed by atoms with Crippen molar-refractivity contribution >= 4 is 33.3 Å². The fraction of sp³-hybridized carbons (Fsp3) is 0.267. The summed E-state index contributed by atoms with van der Waals surface area (Å²) < 4.78 is 27.6. The molecule has 0 saturated carbocycles. The van der Waals surface area contributed by atoms with Crippen molar-refractivity contribution in [1.82, 2.24) is 10.2 Å². The highest BCUT2D eigenvalue weighted by Crippen LogP contribution is 2.21. The van der Waals surface area contributed by atoms with E-state index in [1.165, 1.54) is 17.0 Å². The molecule has 0 saturated heterocycles. The molecule has 1 heterocycles. The zero-order valence-corrected chi connectivity index (χ0v) is 14.5. The van der Waals surface area contributed by atoms with E-state index in [1.807, 2.05) is 11.4 Å². The van der Waals surface area contributed by atoms with Gasteiger partial charge in [0.25, 0.3) is 0 Å². The number of rotatable bonds is 4. The normalized spacial score (nSPS) is 12.0. The molecular weight excluding hydrogens is 374 g/mol. The maximum absolute atomic E-state index is 13.7. The molecule has 1 atom stereocenters. The lowest BCUT2D eigenvalue weighted by atomic mass is 10.1. The molecule has 22 heavy (non-hydrogen) atoms. The number of hydrogen-bond donors (Lipinski definition) is 1. The number of thiophene rings is 1. The first-order valence-corrected chi connectivity index (χ1v) is 8.23. The number of nitrogens with one attached hydrogen (secondary N) is 1. The molecule has 0 aliphatic heterocycles. The first-order valence-electron chi connectivity index (χ1n) is 6.56. The fourth-order valence-corrected chi connectivity index (χ4v) is 3.47. The van der Waals surface area contributed by atoms with Crippen LogP contribution in [0.3, 0.4) is 0 Å². The summed E-state index contributed by atoms with van der Waals surface area (Å²) in [7, 11) is 1.66. The third kappa shape index (κ3) is 4.27. The zero-order chi connectivity index (χ0) is 16.3. The summed E-state index contributed by atoms with van der Waals surface area (Å²) in [5, 5.41) is 4.64. The Morgan fingerprint density at radius 2 is 2.14 bits per heavy atom. The number of urea groups is 1. The Hall–Kier alpha value is -1.47. The van der Waals surface area contributed by atoms with Crippen molar-refractivity contribution in [2.45, 2.75) is 19.5 Å². The summed E-state index contributed by atoms with van der Waals surface area (Å²) in [6, 6.07) is 4.40. The number of carbonyl (C=O) groups is 1. The Balaban J connectivity index is 1.98. The van der Waals surface area contributed by atoms with Crippen molar-refractivity contribution in [1.29, 1.82) is 0 Å². The highest BCUT2D eigenvalue weighted by atomic mass is 79.9. The molecule has 2 rings (SSSR count). The molecule has 1 aromatic carbocycles. The fourth-order valence-electron chi connectivity index (χ4n) is 1.97. The maximum Gasteiger partial charge on any atom is 0.317 e. The average molecular weight is 389 g/mol. The molecule has 0 aliphatic rings. The van der Waals surface area contributed by atoms with E-state index in [2.05, 4.69) is 21.2 Å². The smallest absolute Gasteiger partial charge is 0.317 e. The van der Waals surface area contributed by atoms with E-state index in [4.69, 9.17) is 0 Å². The minimum absolute atomic E-state index is 0.252. The van der Waals surface area contributed by atoms with Gasteiger partial charge in [0.1, 0.15) is 11.6 Å². The van der Waals surface area contributed by atoms with Crippen LogP contribution in [0, 0.1) is 11.6 Å². The third-order valence-electron chi connectivity index (χ3n) is 3.13. The van der Waals surface area contributed by atoms with Crippen molar-refractivity contribution < 1.29 is 13.6 Å². The second-order valence-electron chi connectivity index (χ2n) is 4.92. The molecule has 1 unspecified atom stereocenters. The molecular formula is C15H15BrF2N2OS. The van der Waals surface area contributed by atoms with Gasteiger partial charge in [-0.25, -0.2) is 13.6 Å². The van der Waals surface area contributed by atoms with Gasteiger partial charge in [-0.3, -0.25) is 0 Å². The molecule has 7 heteroatoms. The van der Waals surface area contributed by atoms with E-state index in [1.54, 1.807) is 25.3 Å². The van der Waals surface area contributed by atoms with Gasteiger partial charge in [-0.15, -0.1) is 11.3 Å². The van der Waals surface area contributed by atoms with Crippen molar-refractivity contribution in [2.75, 3.05) is 7.05 Å². The van der Waals surface area contributed by atoms with Crippen LogP contribution in [0.2, 0.25) is 0 Å².